The van der Waals surface area contributed by atoms with Gasteiger partial charge in [-0.15, -0.1) is 12.4 Å². The van der Waals surface area contributed by atoms with Crippen molar-refractivity contribution in [2.75, 3.05) is 26.1 Å². The number of hydrogen-bond acceptors (Lipinski definition) is 6. The van der Waals surface area contributed by atoms with Gasteiger partial charge in [-0.25, -0.2) is 5.01 Å². The molecule has 1 aromatic heterocycles. The van der Waals surface area contributed by atoms with Gasteiger partial charge in [0.2, 0.25) is 0 Å². The number of ether oxygens (including phenoxy) is 2. The fraction of sp³-hybridized carbons (Fsp3) is 0.200. The monoisotopic (exact) mass is 480 g/mol. The molecule has 2 amide bonds. The highest BCUT2D eigenvalue weighted by Crippen LogP contribution is 2.29. The molecule has 9 heteroatoms. The normalized spacial score (nSPS) is 12.8. The van der Waals surface area contributed by atoms with Gasteiger partial charge in [0, 0.05) is 41.3 Å². The topological polar surface area (TPSA) is 93.1 Å². The van der Waals surface area contributed by atoms with Crippen LogP contribution in [0.15, 0.2) is 72.1 Å². The number of halogens is 1. The average molecular weight is 481 g/mol. The minimum atomic E-state index is -0.239. The van der Waals surface area contributed by atoms with Gasteiger partial charge in [-0.3, -0.25) is 14.6 Å². The van der Waals surface area contributed by atoms with Crippen LogP contribution in [0.4, 0.5) is 5.69 Å². The van der Waals surface area contributed by atoms with Crippen LogP contribution < -0.4 is 14.8 Å². The molecule has 1 N–H and O–H groups in total. The summed E-state index contributed by atoms with van der Waals surface area (Å²) in [6.45, 7) is 0.538. The smallest absolute Gasteiger partial charge is 0.273 e. The van der Waals surface area contributed by atoms with Gasteiger partial charge in [0.15, 0.2) is 11.5 Å². The maximum Gasteiger partial charge on any atom is 0.273 e. The first-order chi connectivity index (χ1) is 16.1. The number of carbonyl (C=O) groups is 2. The predicted molar refractivity (Wildman–Crippen MR) is 132 cm³/mol. The summed E-state index contributed by atoms with van der Waals surface area (Å²) >= 11 is 0. The molecule has 8 nitrogen and oxygen atoms in total. The molecule has 0 fully saturated rings. The van der Waals surface area contributed by atoms with Crippen LogP contribution in [0.2, 0.25) is 0 Å². The number of rotatable bonds is 6. The Morgan fingerprint density at radius 2 is 1.62 bits per heavy atom. The molecule has 34 heavy (non-hydrogen) atoms. The lowest BCUT2D eigenvalue weighted by molar-refractivity contribution is 0.0751. The maximum atomic E-state index is 13.0. The molecule has 2 aromatic carbocycles. The van der Waals surface area contributed by atoms with E-state index >= 15 is 0 Å². The Hall–Kier alpha value is -3.91. The fourth-order valence-electron chi connectivity index (χ4n) is 3.56. The van der Waals surface area contributed by atoms with Gasteiger partial charge >= 0.3 is 0 Å². The molecule has 3 aromatic rings. The van der Waals surface area contributed by atoms with Gasteiger partial charge in [0.25, 0.3) is 11.8 Å². The van der Waals surface area contributed by atoms with Gasteiger partial charge in [-0.1, -0.05) is 0 Å². The van der Waals surface area contributed by atoms with Crippen molar-refractivity contribution in [1.82, 2.24) is 9.99 Å². The molecule has 0 unspecified atom stereocenters. The summed E-state index contributed by atoms with van der Waals surface area (Å²) in [5.41, 5.74) is 3.31. The summed E-state index contributed by atoms with van der Waals surface area (Å²) < 4.78 is 10.7. The summed E-state index contributed by atoms with van der Waals surface area (Å²) in [7, 11) is 3.18. The van der Waals surface area contributed by atoms with Crippen molar-refractivity contribution in [1.29, 1.82) is 0 Å². The van der Waals surface area contributed by atoms with Gasteiger partial charge in [0.1, 0.15) is 0 Å². The first-order valence-corrected chi connectivity index (χ1v) is 10.5. The van der Waals surface area contributed by atoms with Crippen molar-refractivity contribution >= 4 is 35.6 Å². The van der Waals surface area contributed by atoms with Crippen molar-refractivity contribution < 1.29 is 19.1 Å². The second kappa shape index (κ2) is 11.3. The quantitative estimate of drug-likeness (QED) is 0.564. The molecule has 0 spiro atoms. The molecule has 1 aliphatic heterocycles. The minimum Gasteiger partial charge on any atom is -0.493 e. The van der Waals surface area contributed by atoms with E-state index in [2.05, 4.69) is 15.4 Å². The highest BCUT2D eigenvalue weighted by Gasteiger charge is 2.21. The number of hydrazone groups is 1. The van der Waals surface area contributed by atoms with Crippen molar-refractivity contribution in [2.45, 2.75) is 12.8 Å². The van der Waals surface area contributed by atoms with E-state index in [1.54, 1.807) is 63.0 Å². The van der Waals surface area contributed by atoms with Crippen molar-refractivity contribution in [3.8, 4) is 11.5 Å². The van der Waals surface area contributed by atoms with Gasteiger partial charge in [-0.2, -0.15) is 5.10 Å². The zero-order valence-corrected chi connectivity index (χ0v) is 19.7. The number of nitrogens with zero attached hydrogens (tertiary/aromatic N) is 3. The molecule has 4 rings (SSSR count). The summed E-state index contributed by atoms with van der Waals surface area (Å²) in [5.74, 6) is 0.823. The van der Waals surface area contributed by atoms with E-state index < -0.39 is 0 Å². The first kappa shape index (κ1) is 24.7. The summed E-state index contributed by atoms with van der Waals surface area (Å²) in [6, 6.07) is 15.7. The Morgan fingerprint density at radius 3 is 2.29 bits per heavy atom. The van der Waals surface area contributed by atoms with Gasteiger partial charge in [-0.05, 0) is 67.4 Å². The van der Waals surface area contributed by atoms with Crippen LogP contribution in [0.1, 0.15) is 39.1 Å². The van der Waals surface area contributed by atoms with Crippen LogP contribution >= 0.6 is 12.4 Å². The van der Waals surface area contributed by atoms with E-state index in [4.69, 9.17) is 9.47 Å². The van der Waals surface area contributed by atoms with Crippen LogP contribution in [0.5, 0.6) is 11.5 Å². The number of pyridine rings is 1. The Morgan fingerprint density at radius 1 is 0.912 bits per heavy atom. The SMILES string of the molecule is COc1ccc(C2=NN(C(=O)c3ccc(NC(=O)c4ccncc4)cc3)CCC2)cc1OC.Cl. The lowest BCUT2D eigenvalue weighted by Crippen LogP contribution is -2.32. The number of aromatic nitrogens is 1. The van der Waals surface area contributed by atoms with E-state index in [9.17, 15) is 9.59 Å². The number of amides is 2. The van der Waals surface area contributed by atoms with E-state index in [-0.39, 0.29) is 24.2 Å². The Labute approximate surface area is 204 Å². The molecule has 0 saturated heterocycles. The van der Waals surface area contributed by atoms with Gasteiger partial charge in [0.05, 0.1) is 19.9 Å². The number of carbonyl (C=O) groups excluding carboxylic acids is 2. The van der Waals surface area contributed by atoms with Crippen LogP contribution in [-0.4, -0.2) is 48.3 Å². The Bertz CT molecular complexity index is 1180. The second-order valence-corrected chi connectivity index (χ2v) is 7.42. The lowest BCUT2D eigenvalue weighted by atomic mass is 10.0. The number of hydrogen-bond donors (Lipinski definition) is 1. The third-order valence-electron chi connectivity index (χ3n) is 5.31. The van der Waals surface area contributed by atoms with Crippen LogP contribution in [0.3, 0.4) is 0 Å². The average Bonchev–Trinajstić information content (AvgIpc) is 2.88. The minimum absolute atomic E-state index is 0. The number of benzene rings is 2. The molecular weight excluding hydrogens is 456 g/mol. The molecular formula is C25H25ClN4O4. The van der Waals surface area contributed by atoms with Crippen LogP contribution in [0.25, 0.3) is 0 Å². The number of methoxy groups -OCH3 is 2. The highest BCUT2D eigenvalue weighted by atomic mass is 35.5. The summed E-state index contributed by atoms with van der Waals surface area (Å²) in [6.07, 6.45) is 4.69. The molecule has 0 radical (unpaired) electrons. The Balaban J connectivity index is 0.00000324. The number of anilines is 1. The zero-order valence-electron chi connectivity index (χ0n) is 18.9. The highest BCUT2D eigenvalue weighted by molar-refractivity contribution is 6.05. The third-order valence-corrected chi connectivity index (χ3v) is 5.31. The second-order valence-electron chi connectivity index (χ2n) is 7.42. The lowest BCUT2D eigenvalue weighted by Gasteiger charge is -2.24. The van der Waals surface area contributed by atoms with Crippen molar-refractivity contribution in [2.24, 2.45) is 5.10 Å². The van der Waals surface area contributed by atoms with Crippen LogP contribution in [-0.2, 0) is 0 Å². The first-order valence-electron chi connectivity index (χ1n) is 10.5. The molecule has 0 aliphatic carbocycles. The largest absolute Gasteiger partial charge is 0.493 e. The van der Waals surface area contributed by atoms with Crippen molar-refractivity contribution in [3.05, 3.63) is 83.7 Å². The molecule has 0 atom stereocenters. The van der Waals surface area contributed by atoms with E-state index in [1.165, 1.54) is 5.01 Å². The molecule has 0 saturated carbocycles. The van der Waals surface area contributed by atoms with Gasteiger partial charge < -0.3 is 14.8 Å². The van der Waals surface area contributed by atoms with Crippen LogP contribution in [0, 0.1) is 0 Å². The molecule has 2 heterocycles. The Kier molecular flexibility index (Phi) is 8.21. The third kappa shape index (κ3) is 5.52. The fourth-order valence-corrected chi connectivity index (χ4v) is 3.56. The number of nitrogens with one attached hydrogen (secondary N) is 1. The predicted octanol–water partition coefficient (Wildman–Crippen LogP) is 4.41. The molecule has 0 bridgehead atoms. The summed E-state index contributed by atoms with van der Waals surface area (Å²) in [5, 5.41) is 8.90. The van der Waals surface area contributed by atoms with E-state index in [0.717, 1.165) is 24.1 Å². The molecule has 176 valence electrons. The standard InChI is InChI=1S/C25H24N4O4.ClH/c1-32-22-10-7-19(16-23(22)33-2)21-4-3-15-29(28-21)25(31)18-5-8-20(9-6-18)27-24(30)17-11-13-26-14-12-17;/h5-14,16H,3-4,15H2,1-2H3,(H,27,30);1H. The summed E-state index contributed by atoms with van der Waals surface area (Å²) in [4.78, 5) is 29.2. The van der Waals surface area contributed by atoms with E-state index in [1.807, 2.05) is 18.2 Å². The zero-order chi connectivity index (χ0) is 23.2. The van der Waals surface area contributed by atoms with E-state index in [0.29, 0.717) is 34.9 Å². The molecule has 1 aliphatic rings. The van der Waals surface area contributed by atoms with Crippen molar-refractivity contribution in [3.63, 3.8) is 0 Å². The maximum absolute atomic E-state index is 13.0.